The molecular formula is C25H24N4O3. The van der Waals surface area contributed by atoms with E-state index in [2.05, 4.69) is 21.5 Å². The number of benzene rings is 2. The second-order valence-electron chi connectivity index (χ2n) is 8.59. The molecule has 3 heterocycles. The molecule has 5 rings (SSSR count). The highest BCUT2D eigenvalue weighted by Gasteiger charge is 2.18. The van der Waals surface area contributed by atoms with Gasteiger partial charge in [0.2, 0.25) is 0 Å². The van der Waals surface area contributed by atoms with E-state index in [0.717, 1.165) is 40.2 Å². The minimum Gasteiger partial charge on any atom is -0.493 e. The smallest absolute Gasteiger partial charge is 0.256 e. The largest absolute Gasteiger partial charge is 0.493 e. The maximum absolute atomic E-state index is 12.9. The van der Waals surface area contributed by atoms with Crippen molar-refractivity contribution in [3.8, 4) is 17.0 Å². The summed E-state index contributed by atoms with van der Waals surface area (Å²) in [5.74, 6) is 1.09. The molecule has 0 radical (unpaired) electrons. The summed E-state index contributed by atoms with van der Waals surface area (Å²) in [7, 11) is 0. The Labute approximate surface area is 185 Å². The zero-order valence-electron chi connectivity index (χ0n) is 18.2. The van der Waals surface area contributed by atoms with Gasteiger partial charge < -0.3 is 15.2 Å². The number of hydrogen-bond donors (Lipinski definition) is 2. The lowest BCUT2D eigenvalue weighted by molar-refractivity contribution is 0.0785. The summed E-state index contributed by atoms with van der Waals surface area (Å²) in [6.07, 6.45) is 0.875. The summed E-state index contributed by atoms with van der Waals surface area (Å²) in [5, 5.41) is 17.6. The number of nitrogens with zero attached hydrogens (tertiary/aromatic N) is 3. The Morgan fingerprint density at radius 1 is 1.12 bits per heavy atom. The molecule has 0 saturated heterocycles. The normalized spacial score (nSPS) is 13.1. The highest BCUT2D eigenvalue weighted by atomic mass is 16.5. The van der Waals surface area contributed by atoms with Crippen LogP contribution in [0.25, 0.3) is 16.9 Å². The van der Waals surface area contributed by atoms with Gasteiger partial charge in [0, 0.05) is 29.7 Å². The van der Waals surface area contributed by atoms with Crippen molar-refractivity contribution in [2.45, 2.75) is 32.8 Å². The zero-order chi connectivity index (χ0) is 22.5. The molecule has 32 heavy (non-hydrogen) atoms. The summed E-state index contributed by atoms with van der Waals surface area (Å²) in [6, 6.07) is 16.7. The van der Waals surface area contributed by atoms with Crippen LogP contribution in [0.1, 0.15) is 41.0 Å². The van der Waals surface area contributed by atoms with Crippen molar-refractivity contribution in [1.82, 2.24) is 14.6 Å². The van der Waals surface area contributed by atoms with Crippen molar-refractivity contribution in [3.63, 3.8) is 0 Å². The quantitative estimate of drug-likeness (QED) is 0.510. The molecule has 1 aliphatic rings. The second-order valence-corrected chi connectivity index (χ2v) is 8.59. The van der Waals surface area contributed by atoms with E-state index in [1.807, 2.05) is 31.2 Å². The van der Waals surface area contributed by atoms with Gasteiger partial charge in [0.05, 0.1) is 23.6 Å². The number of rotatable bonds is 4. The van der Waals surface area contributed by atoms with Gasteiger partial charge in [-0.05, 0) is 62.2 Å². The van der Waals surface area contributed by atoms with Crippen molar-refractivity contribution in [2.24, 2.45) is 0 Å². The predicted octanol–water partition coefficient (Wildman–Crippen LogP) is 4.12. The third-order valence-electron chi connectivity index (χ3n) is 5.63. The minimum absolute atomic E-state index is 0.270. The molecule has 7 heteroatoms. The van der Waals surface area contributed by atoms with Gasteiger partial charge in [0.1, 0.15) is 11.6 Å². The van der Waals surface area contributed by atoms with Crippen LogP contribution in [0, 0.1) is 6.92 Å². The van der Waals surface area contributed by atoms with Gasteiger partial charge in [0.15, 0.2) is 5.65 Å². The minimum atomic E-state index is -0.961. The molecule has 0 spiro atoms. The highest BCUT2D eigenvalue weighted by molar-refractivity contribution is 6.04. The molecule has 0 bridgehead atoms. The van der Waals surface area contributed by atoms with Crippen molar-refractivity contribution in [2.75, 3.05) is 11.9 Å². The number of aryl methyl sites for hydroxylation is 1. The van der Waals surface area contributed by atoms with Gasteiger partial charge in [0.25, 0.3) is 5.91 Å². The molecule has 1 aliphatic heterocycles. The first kappa shape index (κ1) is 20.2. The Bertz CT molecular complexity index is 1330. The number of hydrogen-bond acceptors (Lipinski definition) is 5. The topological polar surface area (TPSA) is 88.8 Å². The van der Waals surface area contributed by atoms with Crippen molar-refractivity contribution in [3.05, 3.63) is 77.0 Å². The van der Waals surface area contributed by atoms with Crippen LogP contribution in [0.2, 0.25) is 0 Å². The maximum atomic E-state index is 12.9. The average Bonchev–Trinajstić information content (AvgIpc) is 3.37. The number of carbonyl (C=O) groups excluding carboxylic acids is 1. The number of aromatic nitrogens is 3. The van der Waals surface area contributed by atoms with Crippen molar-refractivity contribution in [1.29, 1.82) is 0 Å². The van der Waals surface area contributed by atoms with Gasteiger partial charge in [-0.25, -0.2) is 9.50 Å². The molecule has 162 valence electrons. The van der Waals surface area contributed by atoms with Crippen LogP contribution in [0.4, 0.5) is 5.82 Å². The summed E-state index contributed by atoms with van der Waals surface area (Å²) in [5.41, 5.74) is 4.75. The van der Waals surface area contributed by atoms with Gasteiger partial charge >= 0.3 is 0 Å². The van der Waals surface area contributed by atoms with E-state index < -0.39 is 5.60 Å². The number of nitrogens with one attached hydrogen (secondary N) is 1. The number of carbonyl (C=O) groups is 1. The van der Waals surface area contributed by atoms with Crippen LogP contribution in [0.3, 0.4) is 0 Å². The van der Waals surface area contributed by atoms with E-state index in [-0.39, 0.29) is 5.91 Å². The van der Waals surface area contributed by atoms with Gasteiger partial charge in [-0.2, -0.15) is 5.10 Å². The maximum Gasteiger partial charge on any atom is 0.256 e. The average molecular weight is 428 g/mol. The van der Waals surface area contributed by atoms with Crippen molar-refractivity contribution < 1.29 is 14.6 Å². The Morgan fingerprint density at radius 3 is 2.66 bits per heavy atom. The lowest BCUT2D eigenvalue weighted by atomic mass is 9.97. The molecule has 2 aromatic carbocycles. The van der Waals surface area contributed by atoms with Crippen molar-refractivity contribution >= 4 is 17.4 Å². The molecule has 0 saturated carbocycles. The fourth-order valence-corrected chi connectivity index (χ4v) is 3.92. The Balaban J connectivity index is 1.50. The van der Waals surface area contributed by atoms with E-state index in [9.17, 15) is 9.90 Å². The van der Waals surface area contributed by atoms with Crippen LogP contribution in [-0.2, 0) is 12.0 Å². The summed E-state index contributed by atoms with van der Waals surface area (Å²) >= 11 is 0. The molecule has 2 aromatic heterocycles. The highest BCUT2D eigenvalue weighted by Crippen LogP contribution is 2.31. The lowest BCUT2D eigenvalue weighted by Crippen LogP contribution is -2.17. The van der Waals surface area contributed by atoms with Crippen LogP contribution in [-0.4, -0.2) is 32.2 Å². The van der Waals surface area contributed by atoms with E-state index >= 15 is 0 Å². The summed E-state index contributed by atoms with van der Waals surface area (Å²) < 4.78 is 7.42. The van der Waals surface area contributed by atoms with Crippen LogP contribution in [0.5, 0.6) is 5.75 Å². The molecule has 2 N–H and O–H groups in total. The lowest BCUT2D eigenvalue weighted by Gasteiger charge is -2.17. The van der Waals surface area contributed by atoms with Crippen LogP contribution < -0.4 is 10.1 Å². The fraction of sp³-hybridized carbons (Fsp3) is 0.240. The SMILES string of the molecule is Cc1cc2nc(NC(=O)c3ccc(C(C)(C)O)cc3)cc(-c3ccc4c(c3)CCO4)n2n1. The molecule has 0 unspecified atom stereocenters. The molecule has 4 aromatic rings. The van der Waals surface area contributed by atoms with Gasteiger partial charge in [-0.3, -0.25) is 4.79 Å². The Kier molecular flexibility index (Phi) is 4.71. The summed E-state index contributed by atoms with van der Waals surface area (Å²) in [4.78, 5) is 17.4. The first-order chi connectivity index (χ1) is 15.3. The Morgan fingerprint density at radius 2 is 1.91 bits per heavy atom. The predicted molar refractivity (Wildman–Crippen MR) is 122 cm³/mol. The standard InChI is InChI=1S/C25H24N4O3/c1-15-12-23-26-22(27-24(30)16-4-7-19(8-5-16)25(2,3)31)14-20(29(23)28-15)17-6-9-21-18(13-17)10-11-32-21/h4-9,12-14,31H,10-11H2,1-3H3,(H,26,27,30). The third kappa shape index (κ3) is 3.71. The number of aliphatic hydroxyl groups is 1. The van der Waals surface area contributed by atoms with Gasteiger partial charge in [-0.1, -0.05) is 12.1 Å². The first-order valence-electron chi connectivity index (χ1n) is 10.6. The molecule has 1 amide bonds. The molecule has 0 atom stereocenters. The molecule has 7 nitrogen and oxygen atoms in total. The number of ether oxygens (including phenoxy) is 1. The van der Waals surface area contributed by atoms with Crippen LogP contribution in [0.15, 0.2) is 54.6 Å². The summed E-state index contributed by atoms with van der Waals surface area (Å²) in [6.45, 7) is 6.03. The molecule has 0 aliphatic carbocycles. The fourth-order valence-electron chi connectivity index (χ4n) is 3.92. The zero-order valence-corrected chi connectivity index (χ0v) is 18.2. The number of amides is 1. The number of fused-ring (bicyclic) bond motifs is 2. The van der Waals surface area contributed by atoms with E-state index in [1.54, 1.807) is 42.6 Å². The van der Waals surface area contributed by atoms with Crippen LogP contribution >= 0.6 is 0 Å². The monoisotopic (exact) mass is 428 g/mol. The third-order valence-corrected chi connectivity index (χ3v) is 5.63. The van der Waals surface area contributed by atoms with Gasteiger partial charge in [-0.15, -0.1) is 0 Å². The first-order valence-corrected chi connectivity index (χ1v) is 10.6. The second kappa shape index (κ2) is 7.46. The van der Waals surface area contributed by atoms with E-state index in [4.69, 9.17) is 4.74 Å². The van der Waals surface area contributed by atoms with E-state index in [0.29, 0.717) is 23.6 Å². The van der Waals surface area contributed by atoms with E-state index in [1.165, 1.54) is 0 Å². The number of anilines is 1. The Hall–Kier alpha value is -3.71. The molecular weight excluding hydrogens is 404 g/mol. The molecule has 0 fully saturated rings.